The summed E-state index contributed by atoms with van der Waals surface area (Å²) in [6.07, 6.45) is 4.20. The second kappa shape index (κ2) is 7.07. The lowest BCUT2D eigenvalue weighted by molar-refractivity contribution is -0.125. The molecule has 3 unspecified atom stereocenters. The van der Waals surface area contributed by atoms with Crippen molar-refractivity contribution in [3.05, 3.63) is 29.8 Å². The summed E-state index contributed by atoms with van der Waals surface area (Å²) in [6, 6.07) is 5.59. The molecule has 5 nitrogen and oxygen atoms in total. The third kappa shape index (κ3) is 3.56. The number of carbonyl (C=O) groups is 1. The van der Waals surface area contributed by atoms with Crippen LogP contribution in [0.15, 0.2) is 29.2 Å². The first-order valence-electron chi connectivity index (χ1n) is 7.17. The molecule has 2 rings (SSSR count). The SMILES string of the molecule is COc1cccc(S(C)=O)c1/C(C)=C/C1NNC(=O)CC1C. The second-order valence-corrected chi connectivity index (χ2v) is 6.88. The number of nitrogens with one attached hydrogen (secondary N) is 2. The van der Waals surface area contributed by atoms with Crippen molar-refractivity contribution in [2.45, 2.75) is 31.2 Å². The van der Waals surface area contributed by atoms with Gasteiger partial charge in [-0.1, -0.05) is 19.1 Å². The minimum absolute atomic E-state index is 0.00226. The maximum atomic E-state index is 12.0. The maximum absolute atomic E-state index is 12.0. The number of hydrogen-bond donors (Lipinski definition) is 2. The van der Waals surface area contributed by atoms with Gasteiger partial charge in [-0.15, -0.1) is 0 Å². The molecule has 0 bridgehead atoms. The molecule has 1 aromatic carbocycles. The van der Waals surface area contributed by atoms with Gasteiger partial charge in [0.2, 0.25) is 5.91 Å². The van der Waals surface area contributed by atoms with Crippen LogP contribution in [-0.4, -0.2) is 29.5 Å². The van der Waals surface area contributed by atoms with Crippen LogP contribution in [0.4, 0.5) is 0 Å². The monoisotopic (exact) mass is 322 g/mol. The van der Waals surface area contributed by atoms with Crippen LogP contribution in [0.2, 0.25) is 0 Å². The van der Waals surface area contributed by atoms with E-state index >= 15 is 0 Å². The summed E-state index contributed by atoms with van der Waals surface area (Å²) in [5, 5.41) is 0. The molecule has 0 aromatic heterocycles. The van der Waals surface area contributed by atoms with Crippen LogP contribution >= 0.6 is 0 Å². The summed E-state index contributed by atoms with van der Waals surface area (Å²) >= 11 is 0. The summed E-state index contributed by atoms with van der Waals surface area (Å²) in [5.74, 6) is 0.894. The van der Waals surface area contributed by atoms with E-state index in [0.717, 1.165) is 16.0 Å². The molecule has 1 saturated heterocycles. The summed E-state index contributed by atoms with van der Waals surface area (Å²) in [5.41, 5.74) is 7.51. The topological polar surface area (TPSA) is 67.4 Å². The number of rotatable bonds is 4. The molecule has 0 radical (unpaired) electrons. The Hall–Kier alpha value is -1.66. The highest BCUT2D eigenvalue weighted by molar-refractivity contribution is 7.84. The van der Waals surface area contributed by atoms with Crippen molar-refractivity contribution in [1.29, 1.82) is 0 Å². The molecule has 1 heterocycles. The number of carbonyl (C=O) groups excluding carboxylic acids is 1. The van der Waals surface area contributed by atoms with E-state index in [-0.39, 0.29) is 17.9 Å². The molecule has 0 saturated carbocycles. The Morgan fingerprint density at radius 1 is 1.45 bits per heavy atom. The van der Waals surface area contributed by atoms with Gasteiger partial charge in [-0.05, 0) is 30.5 Å². The molecular weight excluding hydrogens is 300 g/mol. The van der Waals surface area contributed by atoms with E-state index in [1.807, 2.05) is 32.0 Å². The van der Waals surface area contributed by atoms with Crippen molar-refractivity contribution in [3.63, 3.8) is 0 Å². The first-order valence-corrected chi connectivity index (χ1v) is 8.73. The summed E-state index contributed by atoms with van der Waals surface area (Å²) in [4.78, 5) is 12.1. The number of allylic oxidation sites excluding steroid dienone is 1. The first-order chi connectivity index (χ1) is 10.4. The van der Waals surface area contributed by atoms with Crippen LogP contribution in [-0.2, 0) is 15.6 Å². The smallest absolute Gasteiger partial charge is 0.234 e. The van der Waals surface area contributed by atoms with Crippen LogP contribution in [0.3, 0.4) is 0 Å². The standard InChI is InChI=1S/C16H22N2O3S/c1-10-9-15(19)18-17-12(10)8-11(2)16-13(21-3)6-5-7-14(16)22(4)20/h5-8,10,12,17H,9H2,1-4H3,(H,18,19)/b11-8+. The summed E-state index contributed by atoms with van der Waals surface area (Å²) in [7, 11) is 0.502. The van der Waals surface area contributed by atoms with Gasteiger partial charge in [0.1, 0.15) is 5.75 Å². The van der Waals surface area contributed by atoms with Crippen LogP contribution in [0, 0.1) is 5.92 Å². The molecule has 1 aliphatic rings. The van der Waals surface area contributed by atoms with E-state index in [1.54, 1.807) is 13.4 Å². The molecule has 6 heteroatoms. The molecule has 1 amide bonds. The highest BCUT2D eigenvalue weighted by atomic mass is 32.2. The Morgan fingerprint density at radius 3 is 2.77 bits per heavy atom. The largest absolute Gasteiger partial charge is 0.496 e. The Morgan fingerprint density at radius 2 is 2.18 bits per heavy atom. The number of hydrazine groups is 1. The number of ether oxygens (including phenoxy) is 1. The fourth-order valence-corrected chi connectivity index (χ4v) is 3.46. The highest BCUT2D eigenvalue weighted by Gasteiger charge is 2.24. The van der Waals surface area contributed by atoms with E-state index in [2.05, 4.69) is 16.9 Å². The summed E-state index contributed by atoms with van der Waals surface area (Å²) < 4.78 is 17.4. The molecule has 22 heavy (non-hydrogen) atoms. The van der Waals surface area contributed by atoms with Crippen molar-refractivity contribution >= 4 is 22.3 Å². The van der Waals surface area contributed by atoms with Gasteiger partial charge < -0.3 is 4.74 Å². The number of hydrogen-bond acceptors (Lipinski definition) is 4. The minimum Gasteiger partial charge on any atom is -0.496 e. The average Bonchev–Trinajstić information content (AvgIpc) is 2.49. The Balaban J connectivity index is 2.40. The van der Waals surface area contributed by atoms with Gasteiger partial charge in [0.15, 0.2) is 0 Å². The van der Waals surface area contributed by atoms with E-state index in [4.69, 9.17) is 4.74 Å². The van der Waals surface area contributed by atoms with Crippen molar-refractivity contribution in [2.24, 2.45) is 5.92 Å². The van der Waals surface area contributed by atoms with Gasteiger partial charge in [0, 0.05) is 29.2 Å². The Labute approximate surface area is 133 Å². The van der Waals surface area contributed by atoms with Gasteiger partial charge in [-0.25, -0.2) is 5.43 Å². The van der Waals surface area contributed by atoms with E-state index in [0.29, 0.717) is 12.2 Å². The molecule has 2 N–H and O–H groups in total. The van der Waals surface area contributed by atoms with Crippen molar-refractivity contribution < 1.29 is 13.7 Å². The molecule has 1 aliphatic heterocycles. The second-order valence-electron chi connectivity index (χ2n) is 5.54. The van der Waals surface area contributed by atoms with Gasteiger partial charge in [-0.2, -0.15) is 0 Å². The average molecular weight is 322 g/mol. The minimum atomic E-state index is -1.10. The van der Waals surface area contributed by atoms with Gasteiger partial charge in [-0.3, -0.25) is 14.4 Å². The lowest BCUT2D eigenvalue weighted by atomic mass is 9.93. The fraction of sp³-hybridized carbons (Fsp3) is 0.438. The zero-order chi connectivity index (χ0) is 16.3. The quantitative estimate of drug-likeness (QED) is 0.888. The lowest BCUT2D eigenvalue weighted by Crippen LogP contribution is -2.52. The molecular formula is C16H22N2O3S. The molecule has 0 spiro atoms. The first kappa shape index (κ1) is 16.7. The summed E-state index contributed by atoms with van der Waals surface area (Å²) in [6.45, 7) is 4.00. The predicted octanol–water partition coefficient (Wildman–Crippen LogP) is 1.87. The number of benzene rings is 1. The van der Waals surface area contributed by atoms with E-state index in [1.165, 1.54) is 0 Å². The van der Waals surface area contributed by atoms with Crippen LogP contribution < -0.4 is 15.6 Å². The Kier molecular flexibility index (Phi) is 5.37. The fourth-order valence-electron chi connectivity index (χ4n) is 2.64. The third-order valence-electron chi connectivity index (χ3n) is 3.84. The van der Waals surface area contributed by atoms with Gasteiger partial charge in [0.05, 0.1) is 17.9 Å². The van der Waals surface area contributed by atoms with Crippen molar-refractivity contribution in [2.75, 3.05) is 13.4 Å². The normalized spacial score (nSPS) is 23.8. The highest BCUT2D eigenvalue weighted by Crippen LogP contribution is 2.32. The molecule has 120 valence electrons. The third-order valence-corrected chi connectivity index (χ3v) is 4.80. The van der Waals surface area contributed by atoms with Crippen molar-refractivity contribution in [3.8, 4) is 5.75 Å². The van der Waals surface area contributed by atoms with Crippen LogP contribution in [0.25, 0.3) is 5.57 Å². The zero-order valence-corrected chi connectivity index (χ0v) is 14.1. The zero-order valence-electron chi connectivity index (χ0n) is 13.3. The number of methoxy groups -OCH3 is 1. The number of amides is 1. The van der Waals surface area contributed by atoms with Crippen molar-refractivity contribution in [1.82, 2.24) is 10.9 Å². The molecule has 3 atom stereocenters. The van der Waals surface area contributed by atoms with E-state index < -0.39 is 10.8 Å². The maximum Gasteiger partial charge on any atom is 0.234 e. The molecule has 0 aliphatic carbocycles. The lowest BCUT2D eigenvalue weighted by Gasteiger charge is -2.28. The van der Waals surface area contributed by atoms with Crippen LogP contribution in [0.1, 0.15) is 25.8 Å². The Bertz CT molecular complexity index is 628. The van der Waals surface area contributed by atoms with E-state index in [9.17, 15) is 9.00 Å². The molecule has 1 fully saturated rings. The van der Waals surface area contributed by atoms with Crippen LogP contribution in [0.5, 0.6) is 5.75 Å². The molecule has 1 aromatic rings. The van der Waals surface area contributed by atoms with Gasteiger partial charge in [0.25, 0.3) is 0 Å². The van der Waals surface area contributed by atoms with Gasteiger partial charge >= 0.3 is 0 Å². The predicted molar refractivity (Wildman–Crippen MR) is 87.8 cm³/mol.